The zero-order valence-electron chi connectivity index (χ0n) is 14.9. The van der Waals surface area contributed by atoms with Gasteiger partial charge in [-0.15, -0.1) is 0 Å². The van der Waals surface area contributed by atoms with Crippen molar-refractivity contribution in [3.63, 3.8) is 0 Å². The molecule has 3 aromatic rings. The first-order valence-corrected chi connectivity index (χ1v) is 8.54. The Morgan fingerprint density at radius 2 is 2.00 bits per heavy atom. The lowest BCUT2D eigenvalue weighted by atomic mass is 9.89. The quantitative estimate of drug-likeness (QED) is 0.642. The Kier molecular flexibility index (Phi) is 4.59. The van der Waals surface area contributed by atoms with Crippen molar-refractivity contribution in [3.8, 4) is 17.3 Å². The first kappa shape index (κ1) is 17.2. The standard InChI is InChI=1S/C21H22FN3/c1-21(2,3)11-5-8-18-20(16-7-4-6-15(12-16)13-23)24-19-10-9-17(22)14-25(18)19/h4,6-7,9-10,12,14H,5,8,11H2,1-3H3. The summed E-state index contributed by atoms with van der Waals surface area (Å²) in [5.74, 6) is -0.278. The van der Waals surface area contributed by atoms with Crippen LogP contribution in [0.4, 0.5) is 4.39 Å². The van der Waals surface area contributed by atoms with Crippen LogP contribution in [0.15, 0.2) is 42.6 Å². The Bertz CT molecular complexity index is 942. The van der Waals surface area contributed by atoms with Crippen molar-refractivity contribution in [2.75, 3.05) is 0 Å². The van der Waals surface area contributed by atoms with E-state index in [2.05, 4.69) is 26.8 Å². The minimum atomic E-state index is -0.278. The van der Waals surface area contributed by atoms with Crippen LogP contribution in [-0.2, 0) is 6.42 Å². The Balaban J connectivity index is 2.07. The van der Waals surface area contributed by atoms with Crippen molar-refractivity contribution in [3.05, 3.63) is 59.7 Å². The molecule has 0 amide bonds. The van der Waals surface area contributed by atoms with Crippen molar-refractivity contribution >= 4 is 5.65 Å². The van der Waals surface area contributed by atoms with Gasteiger partial charge in [-0.2, -0.15) is 5.26 Å². The molecule has 2 heterocycles. The van der Waals surface area contributed by atoms with Gasteiger partial charge in [-0.05, 0) is 48.9 Å². The fraction of sp³-hybridized carbons (Fsp3) is 0.333. The van der Waals surface area contributed by atoms with Gasteiger partial charge >= 0.3 is 0 Å². The normalized spacial score (nSPS) is 11.6. The molecule has 0 bridgehead atoms. The molecule has 0 atom stereocenters. The number of nitriles is 1. The predicted molar refractivity (Wildman–Crippen MR) is 97.7 cm³/mol. The van der Waals surface area contributed by atoms with Gasteiger partial charge in [-0.25, -0.2) is 9.37 Å². The molecule has 0 aliphatic heterocycles. The highest BCUT2D eigenvalue weighted by Crippen LogP contribution is 2.29. The second-order valence-corrected chi connectivity index (χ2v) is 7.59. The second kappa shape index (κ2) is 6.68. The fourth-order valence-corrected chi connectivity index (χ4v) is 3.06. The molecule has 0 aliphatic rings. The van der Waals surface area contributed by atoms with E-state index in [4.69, 9.17) is 10.2 Å². The van der Waals surface area contributed by atoms with Crippen LogP contribution in [0.5, 0.6) is 0 Å². The van der Waals surface area contributed by atoms with Crippen LogP contribution in [0, 0.1) is 22.6 Å². The third-order valence-electron chi connectivity index (χ3n) is 4.29. The molecule has 0 aliphatic carbocycles. The van der Waals surface area contributed by atoms with Gasteiger partial charge in [0.1, 0.15) is 11.5 Å². The summed E-state index contributed by atoms with van der Waals surface area (Å²) < 4.78 is 15.6. The van der Waals surface area contributed by atoms with Gasteiger partial charge in [-0.3, -0.25) is 0 Å². The van der Waals surface area contributed by atoms with Gasteiger partial charge in [0.05, 0.1) is 23.0 Å². The average molecular weight is 335 g/mol. The minimum absolute atomic E-state index is 0.257. The number of imidazole rings is 1. The van der Waals surface area contributed by atoms with E-state index in [0.717, 1.165) is 41.9 Å². The molecule has 4 heteroatoms. The lowest BCUT2D eigenvalue weighted by Crippen LogP contribution is -2.06. The van der Waals surface area contributed by atoms with Crippen LogP contribution >= 0.6 is 0 Å². The van der Waals surface area contributed by atoms with Crippen molar-refractivity contribution in [1.29, 1.82) is 5.26 Å². The number of halogens is 1. The summed E-state index contributed by atoms with van der Waals surface area (Å²) in [6.45, 7) is 6.66. The number of pyridine rings is 1. The van der Waals surface area contributed by atoms with Gasteiger partial charge in [0, 0.05) is 11.8 Å². The van der Waals surface area contributed by atoms with E-state index in [-0.39, 0.29) is 11.2 Å². The van der Waals surface area contributed by atoms with E-state index in [0.29, 0.717) is 5.56 Å². The van der Waals surface area contributed by atoms with E-state index in [1.54, 1.807) is 12.1 Å². The lowest BCUT2D eigenvalue weighted by molar-refractivity contribution is 0.365. The molecule has 0 fully saturated rings. The third-order valence-corrected chi connectivity index (χ3v) is 4.29. The molecule has 0 unspecified atom stereocenters. The summed E-state index contributed by atoms with van der Waals surface area (Å²) in [5, 5.41) is 9.16. The third kappa shape index (κ3) is 3.88. The largest absolute Gasteiger partial charge is 0.300 e. The molecular formula is C21H22FN3. The number of aryl methyl sites for hydroxylation is 1. The van der Waals surface area contributed by atoms with Crippen molar-refractivity contribution in [1.82, 2.24) is 9.38 Å². The fourth-order valence-electron chi connectivity index (χ4n) is 3.06. The SMILES string of the molecule is CC(C)(C)CCCc1c(-c2cccc(C#N)c2)nc2ccc(F)cn12. The number of benzene rings is 1. The van der Waals surface area contributed by atoms with Gasteiger partial charge in [0.25, 0.3) is 0 Å². The average Bonchev–Trinajstić information content (AvgIpc) is 2.92. The molecule has 0 spiro atoms. The van der Waals surface area contributed by atoms with Crippen molar-refractivity contribution < 1.29 is 4.39 Å². The number of fused-ring (bicyclic) bond motifs is 1. The van der Waals surface area contributed by atoms with Crippen LogP contribution in [0.25, 0.3) is 16.9 Å². The molecule has 25 heavy (non-hydrogen) atoms. The van der Waals surface area contributed by atoms with Crippen LogP contribution in [-0.4, -0.2) is 9.38 Å². The van der Waals surface area contributed by atoms with Crippen molar-refractivity contribution in [2.45, 2.75) is 40.0 Å². The number of hydrogen-bond acceptors (Lipinski definition) is 2. The summed E-state index contributed by atoms with van der Waals surface area (Å²) in [5.41, 5.74) is 4.30. The first-order valence-electron chi connectivity index (χ1n) is 8.54. The lowest BCUT2D eigenvalue weighted by Gasteiger charge is -2.17. The maximum Gasteiger partial charge on any atom is 0.139 e. The summed E-state index contributed by atoms with van der Waals surface area (Å²) >= 11 is 0. The molecular weight excluding hydrogens is 313 g/mol. The Labute approximate surface area is 147 Å². The summed E-state index contributed by atoms with van der Waals surface area (Å²) in [4.78, 5) is 4.70. The van der Waals surface area contributed by atoms with Crippen molar-refractivity contribution in [2.24, 2.45) is 5.41 Å². The number of aromatic nitrogens is 2. The Morgan fingerprint density at radius 1 is 1.20 bits per heavy atom. The highest BCUT2D eigenvalue weighted by atomic mass is 19.1. The van der Waals surface area contributed by atoms with Gasteiger partial charge < -0.3 is 4.40 Å². The monoisotopic (exact) mass is 335 g/mol. The summed E-state index contributed by atoms with van der Waals surface area (Å²) in [6.07, 6.45) is 4.38. The minimum Gasteiger partial charge on any atom is -0.300 e. The summed E-state index contributed by atoms with van der Waals surface area (Å²) in [6, 6.07) is 12.7. The Hall–Kier alpha value is -2.67. The molecule has 2 aromatic heterocycles. The molecule has 128 valence electrons. The van der Waals surface area contributed by atoms with Crippen LogP contribution in [0.2, 0.25) is 0 Å². The Morgan fingerprint density at radius 3 is 2.72 bits per heavy atom. The van der Waals surface area contributed by atoms with E-state index < -0.39 is 0 Å². The molecule has 3 nitrogen and oxygen atoms in total. The van der Waals surface area contributed by atoms with Gasteiger partial charge in [0.2, 0.25) is 0 Å². The number of rotatable bonds is 4. The molecule has 1 aromatic carbocycles. The zero-order chi connectivity index (χ0) is 18.0. The molecule has 3 rings (SSSR count). The summed E-state index contributed by atoms with van der Waals surface area (Å²) in [7, 11) is 0. The molecule has 0 N–H and O–H groups in total. The highest BCUT2D eigenvalue weighted by molar-refractivity contribution is 5.68. The van der Waals surface area contributed by atoms with E-state index in [1.807, 2.05) is 22.6 Å². The second-order valence-electron chi connectivity index (χ2n) is 7.59. The highest BCUT2D eigenvalue weighted by Gasteiger charge is 2.16. The van der Waals surface area contributed by atoms with Gasteiger partial charge in [-0.1, -0.05) is 32.9 Å². The van der Waals surface area contributed by atoms with Gasteiger partial charge in [0.15, 0.2) is 0 Å². The smallest absolute Gasteiger partial charge is 0.139 e. The maximum absolute atomic E-state index is 13.8. The zero-order valence-corrected chi connectivity index (χ0v) is 14.9. The van der Waals surface area contributed by atoms with E-state index in [9.17, 15) is 4.39 Å². The predicted octanol–water partition coefficient (Wildman–Crippen LogP) is 5.38. The number of nitrogens with zero attached hydrogens (tertiary/aromatic N) is 3. The van der Waals surface area contributed by atoms with E-state index >= 15 is 0 Å². The van der Waals surface area contributed by atoms with Crippen LogP contribution in [0.1, 0.15) is 44.9 Å². The topological polar surface area (TPSA) is 41.1 Å². The van der Waals surface area contributed by atoms with Crippen LogP contribution < -0.4 is 0 Å². The molecule has 0 saturated heterocycles. The molecule has 0 saturated carbocycles. The first-order chi connectivity index (χ1) is 11.9. The molecule has 0 radical (unpaired) electrons. The maximum atomic E-state index is 13.8. The van der Waals surface area contributed by atoms with E-state index in [1.165, 1.54) is 12.3 Å². The van der Waals surface area contributed by atoms with Crippen LogP contribution in [0.3, 0.4) is 0 Å². The number of hydrogen-bond donors (Lipinski definition) is 0.